The molecule has 0 radical (unpaired) electrons. The van der Waals surface area contributed by atoms with Gasteiger partial charge in [0.2, 0.25) is 0 Å². The van der Waals surface area contributed by atoms with Gasteiger partial charge in [-0.2, -0.15) is 0 Å². The SMILES string of the molecule is Cc1c(CC(N)C(=O)O)ccc2c1OCCCO2. The number of aliphatic carboxylic acids is 1. The van der Waals surface area contributed by atoms with E-state index in [0.29, 0.717) is 19.0 Å². The molecule has 0 saturated carbocycles. The minimum absolute atomic E-state index is 0.289. The highest BCUT2D eigenvalue weighted by Crippen LogP contribution is 2.35. The van der Waals surface area contributed by atoms with Crippen molar-refractivity contribution in [3.63, 3.8) is 0 Å². The van der Waals surface area contributed by atoms with Crippen LogP contribution in [0.25, 0.3) is 0 Å². The number of ether oxygens (including phenoxy) is 2. The Bertz CT molecular complexity index is 459. The number of benzene rings is 1. The first-order chi connectivity index (χ1) is 8.59. The Morgan fingerprint density at radius 1 is 1.44 bits per heavy atom. The maximum atomic E-state index is 10.8. The van der Waals surface area contributed by atoms with Crippen LogP contribution in [0.3, 0.4) is 0 Å². The fourth-order valence-corrected chi connectivity index (χ4v) is 1.96. The van der Waals surface area contributed by atoms with Crippen LogP contribution in [-0.2, 0) is 11.2 Å². The van der Waals surface area contributed by atoms with E-state index in [0.717, 1.165) is 23.3 Å². The Morgan fingerprint density at radius 3 is 2.89 bits per heavy atom. The Labute approximate surface area is 106 Å². The molecule has 98 valence electrons. The summed E-state index contributed by atoms with van der Waals surface area (Å²) >= 11 is 0. The summed E-state index contributed by atoms with van der Waals surface area (Å²) in [6.07, 6.45) is 1.13. The van der Waals surface area contributed by atoms with Crippen molar-refractivity contribution < 1.29 is 19.4 Å². The van der Waals surface area contributed by atoms with E-state index in [1.807, 2.05) is 19.1 Å². The molecule has 0 amide bonds. The molecule has 0 aliphatic carbocycles. The van der Waals surface area contributed by atoms with Gasteiger partial charge in [-0.05, 0) is 30.5 Å². The summed E-state index contributed by atoms with van der Waals surface area (Å²) < 4.78 is 11.2. The molecule has 2 rings (SSSR count). The number of hydrogen-bond acceptors (Lipinski definition) is 4. The summed E-state index contributed by atoms with van der Waals surface area (Å²) in [4.78, 5) is 10.8. The van der Waals surface area contributed by atoms with Crippen LogP contribution in [0.4, 0.5) is 0 Å². The van der Waals surface area contributed by atoms with Crippen LogP contribution >= 0.6 is 0 Å². The summed E-state index contributed by atoms with van der Waals surface area (Å²) in [6.45, 7) is 3.15. The molecule has 3 N–H and O–H groups in total. The third kappa shape index (κ3) is 2.56. The molecular weight excluding hydrogens is 234 g/mol. The smallest absolute Gasteiger partial charge is 0.320 e. The average Bonchev–Trinajstić information content (AvgIpc) is 2.58. The van der Waals surface area contributed by atoms with Gasteiger partial charge >= 0.3 is 5.97 Å². The number of carboxylic acids is 1. The van der Waals surface area contributed by atoms with Gasteiger partial charge in [-0.1, -0.05) is 6.07 Å². The van der Waals surface area contributed by atoms with Crippen molar-refractivity contribution in [3.8, 4) is 11.5 Å². The monoisotopic (exact) mass is 251 g/mol. The molecule has 0 spiro atoms. The van der Waals surface area contributed by atoms with Gasteiger partial charge in [-0.25, -0.2) is 0 Å². The maximum Gasteiger partial charge on any atom is 0.320 e. The largest absolute Gasteiger partial charge is 0.490 e. The lowest BCUT2D eigenvalue weighted by atomic mass is 10.0. The van der Waals surface area contributed by atoms with Crippen LogP contribution in [0.5, 0.6) is 11.5 Å². The normalized spacial score (nSPS) is 15.9. The second kappa shape index (κ2) is 5.27. The van der Waals surface area contributed by atoms with Crippen molar-refractivity contribution in [3.05, 3.63) is 23.3 Å². The molecule has 5 heteroatoms. The second-order valence-electron chi connectivity index (χ2n) is 4.38. The Morgan fingerprint density at radius 2 is 2.17 bits per heavy atom. The van der Waals surface area contributed by atoms with Gasteiger partial charge in [0.05, 0.1) is 13.2 Å². The minimum Gasteiger partial charge on any atom is -0.490 e. The molecule has 5 nitrogen and oxygen atoms in total. The number of carboxylic acid groups (broad SMARTS) is 1. The van der Waals surface area contributed by atoms with Crippen molar-refractivity contribution in [2.45, 2.75) is 25.8 Å². The number of fused-ring (bicyclic) bond motifs is 1. The molecule has 1 aromatic carbocycles. The molecule has 0 saturated heterocycles. The summed E-state index contributed by atoms with van der Waals surface area (Å²) in [5, 5.41) is 8.84. The number of nitrogens with two attached hydrogens (primary N) is 1. The third-order valence-corrected chi connectivity index (χ3v) is 3.03. The van der Waals surface area contributed by atoms with Crippen molar-refractivity contribution in [1.29, 1.82) is 0 Å². The van der Waals surface area contributed by atoms with Crippen LogP contribution in [0.1, 0.15) is 17.5 Å². The molecule has 0 bridgehead atoms. The molecule has 1 heterocycles. The fourth-order valence-electron chi connectivity index (χ4n) is 1.96. The quantitative estimate of drug-likeness (QED) is 0.841. The highest BCUT2D eigenvalue weighted by molar-refractivity contribution is 5.73. The molecule has 1 aliphatic heterocycles. The van der Waals surface area contributed by atoms with Crippen LogP contribution in [-0.4, -0.2) is 30.3 Å². The van der Waals surface area contributed by atoms with Gasteiger partial charge in [0, 0.05) is 6.42 Å². The van der Waals surface area contributed by atoms with Gasteiger partial charge < -0.3 is 20.3 Å². The van der Waals surface area contributed by atoms with E-state index in [2.05, 4.69) is 0 Å². The van der Waals surface area contributed by atoms with Gasteiger partial charge in [0.15, 0.2) is 11.5 Å². The Hall–Kier alpha value is -1.75. The highest BCUT2D eigenvalue weighted by Gasteiger charge is 2.19. The second-order valence-corrected chi connectivity index (χ2v) is 4.38. The van der Waals surface area contributed by atoms with Crippen molar-refractivity contribution in [2.24, 2.45) is 5.73 Å². The molecule has 0 fully saturated rings. The van der Waals surface area contributed by atoms with E-state index in [1.165, 1.54) is 0 Å². The summed E-state index contributed by atoms with van der Waals surface area (Å²) in [6, 6.07) is 2.77. The minimum atomic E-state index is -0.999. The van der Waals surface area contributed by atoms with Crippen molar-refractivity contribution in [2.75, 3.05) is 13.2 Å². The Kier molecular flexibility index (Phi) is 3.72. The molecule has 1 atom stereocenters. The van der Waals surface area contributed by atoms with Crippen LogP contribution in [0.15, 0.2) is 12.1 Å². The molecule has 18 heavy (non-hydrogen) atoms. The summed E-state index contributed by atoms with van der Waals surface area (Å²) in [7, 11) is 0. The van der Waals surface area contributed by atoms with Gasteiger partial charge in [0.1, 0.15) is 6.04 Å². The van der Waals surface area contributed by atoms with E-state index < -0.39 is 12.0 Å². The predicted octanol–water partition coefficient (Wildman–Crippen LogP) is 1.11. The van der Waals surface area contributed by atoms with E-state index in [4.69, 9.17) is 20.3 Å². The standard InChI is InChI=1S/C13H17NO4/c1-8-9(7-10(14)13(15)16)3-4-11-12(8)18-6-2-5-17-11/h3-4,10H,2,5-7,14H2,1H3,(H,15,16). The lowest BCUT2D eigenvalue weighted by Crippen LogP contribution is -2.32. The van der Waals surface area contributed by atoms with Crippen LogP contribution < -0.4 is 15.2 Å². The maximum absolute atomic E-state index is 10.8. The van der Waals surface area contributed by atoms with Gasteiger partial charge in [0.25, 0.3) is 0 Å². The molecule has 1 unspecified atom stereocenters. The lowest BCUT2D eigenvalue weighted by Gasteiger charge is -2.15. The lowest BCUT2D eigenvalue weighted by molar-refractivity contribution is -0.138. The fraction of sp³-hybridized carbons (Fsp3) is 0.462. The van der Waals surface area contributed by atoms with Crippen LogP contribution in [0, 0.1) is 6.92 Å². The highest BCUT2D eigenvalue weighted by atomic mass is 16.5. The zero-order chi connectivity index (χ0) is 13.1. The van der Waals surface area contributed by atoms with Crippen LogP contribution in [0.2, 0.25) is 0 Å². The molecule has 0 aromatic heterocycles. The van der Waals surface area contributed by atoms with Crippen molar-refractivity contribution >= 4 is 5.97 Å². The van der Waals surface area contributed by atoms with E-state index in [1.54, 1.807) is 0 Å². The van der Waals surface area contributed by atoms with Gasteiger partial charge in [-0.3, -0.25) is 4.79 Å². The zero-order valence-electron chi connectivity index (χ0n) is 10.3. The number of carbonyl (C=O) groups is 1. The molecule has 1 aliphatic rings. The predicted molar refractivity (Wildman–Crippen MR) is 66.1 cm³/mol. The molecular formula is C13H17NO4. The Balaban J connectivity index is 2.28. The third-order valence-electron chi connectivity index (χ3n) is 3.03. The number of rotatable bonds is 3. The average molecular weight is 251 g/mol. The topological polar surface area (TPSA) is 81.8 Å². The summed E-state index contributed by atoms with van der Waals surface area (Å²) in [5.41, 5.74) is 7.34. The van der Waals surface area contributed by atoms with E-state index in [-0.39, 0.29) is 6.42 Å². The zero-order valence-corrected chi connectivity index (χ0v) is 10.3. The first-order valence-corrected chi connectivity index (χ1v) is 5.96. The molecule has 1 aromatic rings. The first-order valence-electron chi connectivity index (χ1n) is 5.96. The first kappa shape index (κ1) is 12.7. The van der Waals surface area contributed by atoms with E-state index in [9.17, 15) is 4.79 Å². The number of hydrogen-bond donors (Lipinski definition) is 2. The summed E-state index contributed by atoms with van der Waals surface area (Å²) in [5.74, 6) is 0.432. The van der Waals surface area contributed by atoms with E-state index >= 15 is 0 Å². The van der Waals surface area contributed by atoms with Crippen molar-refractivity contribution in [1.82, 2.24) is 0 Å². The van der Waals surface area contributed by atoms with Gasteiger partial charge in [-0.15, -0.1) is 0 Å².